The van der Waals surface area contributed by atoms with Crippen LogP contribution in [0.2, 0.25) is 0 Å². The van der Waals surface area contributed by atoms with Crippen LogP contribution in [0.1, 0.15) is 15.9 Å². The molecule has 0 unspecified atom stereocenters. The molecule has 4 rings (SSSR count). The zero-order valence-electron chi connectivity index (χ0n) is 13.4. The SMILES string of the molecule is O=C(/C=C/c1c2ccccc2cc2ccccc12)c1cccc(Br)c1. The summed E-state index contributed by atoms with van der Waals surface area (Å²) in [4.78, 5) is 12.5. The van der Waals surface area contributed by atoms with Gasteiger partial charge >= 0.3 is 0 Å². The molecule has 2 heteroatoms. The molecule has 1 nitrogen and oxygen atoms in total. The molecule has 0 bridgehead atoms. The molecule has 0 spiro atoms. The highest BCUT2D eigenvalue weighted by atomic mass is 79.9. The Balaban J connectivity index is 1.86. The van der Waals surface area contributed by atoms with Gasteiger partial charge in [0.15, 0.2) is 5.78 Å². The lowest BCUT2D eigenvalue weighted by molar-refractivity contribution is 0.104. The first-order chi connectivity index (χ1) is 12.2. The van der Waals surface area contributed by atoms with E-state index in [1.807, 2.05) is 54.6 Å². The first-order valence-electron chi connectivity index (χ1n) is 8.11. The van der Waals surface area contributed by atoms with E-state index < -0.39 is 0 Å². The van der Waals surface area contributed by atoms with Crippen LogP contribution >= 0.6 is 15.9 Å². The third kappa shape index (κ3) is 3.13. The van der Waals surface area contributed by atoms with E-state index in [0.29, 0.717) is 5.56 Å². The Kier molecular flexibility index (Phi) is 4.21. The van der Waals surface area contributed by atoms with Gasteiger partial charge in [0.2, 0.25) is 0 Å². The van der Waals surface area contributed by atoms with Crippen molar-refractivity contribution in [3.8, 4) is 0 Å². The molecule has 0 aliphatic rings. The van der Waals surface area contributed by atoms with E-state index in [-0.39, 0.29) is 5.78 Å². The topological polar surface area (TPSA) is 17.1 Å². The maximum absolute atomic E-state index is 12.5. The lowest BCUT2D eigenvalue weighted by atomic mass is 9.96. The van der Waals surface area contributed by atoms with Crippen LogP contribution < -0.4 is 0 Å². The molecule has 0 N–H and O–H groups in total. The summed E-state index contributed by atoms with van der Waals surface area (Å²) in [5, 5.41) is 4.66. The zero-order valence-corrected chi connectivity index (χ0v) is 15.0. The number of hydrogen-bond donors (Lipinski definition) is 0. The van der Waals surface area contributed by atoms with Crippen molar-refractivity contribution in [3.05, 3.63) is 101 Å². The summed E-state index contributed by atoms with van der Waals surface area (Å²) in [7, 11) is 0. The Hall–Kier alpha value is -2.71. The Morgan fingerprint density at radius 1 is 0.760 bits per heavy atom. The van der Waals surface area contributed by atoms with E-state index in [2.05, 4.69) is 46.3 Å². The second-order valence-corrected chi connectivity index (χ2v) is 6.86. The molecule has 0 aromatic heterocycles. The molecule has 0 saturated heterocycles. The summed E-state index contributed by atoms with van der Waals surface area (Å²) in [5.41, 5.74) is 1.76. The highest BCUT2D eigenvalue weighted by Crippen LogP contribution is 2.29. The molecule has 120 valence electrons. The summed E-state index contributed by atoms with van der Waals surface area (Å²) >= 11 is 3.42. The Morgan fingerprint density at radius 3 is 2.04 bits per heavy atom. The van der Waals surface area contributed by atoms with Crippen molar-refractivity contribution in [2.24, 2.45) is 0 Å². The van der Waals surface area contributed by atoms with E-state index >= 15 is 0 Å². The third-order valence-electron chi connectivity index (χ3n) is 4.32. The maximum Gasteiger partial charge on any atom is 0.185 e. The van der Waals surface area contributed by atoms with E-state index in [1.165, 1.54) is 10.8 Å². The van der Waals surface area contributed by atoms with Gasteiger partial charge in [-0.05, 0) is 57.5 Å². The summed E-state index contributed by atoms with van der Waals surface area (Å²) < 4.78 is 0.905. The molecule has 0 aliphatic carbocycles. The van der Waals surface area contributed by atoms with Crippen molar-refractivity contribution in [2.75, 3.05) is 0 Å². The van der Waals surface area contributed by atoms with Crippen molar-refractivity contribution in [1.29, 1.82) is 0 Å². The zero-order chi connectivity index (χ0) is 17.2. The summed E-state index contributed by atoms with van der Waals surface area (Å²) in [6.07, 6.45) is 3.60. The highest BCUT2D eigenvalue weighted by Gasteiger charge is 2.06. The minimum atomic E-state index is -0.00156. The van der Waals surface area contributed by atoms with Crippen LogP contribution in [0.5, 0.6) is 0 Å². The normalized spacial score (nSPS) is 11.4. The molecule has 0 saturated carbocycles. The van der Waals surface area contributed by atoms with Crippen LogP contribution in [0.4, 0.5) is 0 Å². The van der Waals surface area contributed by atoms with Crippen LogP contribution in [0.25, 0.3) is 27.6 Å². The van der Waals surface area contributed by atoms with Crippen molar-refractivity contribution >= 4 is 49.3 Å². The van der Waals surface area contributed by atoms with Gasteiger partial charge in [-0.1, -0.05) is 76.6 Å². The molecule has 0 aliphatic heterocycles. The maximum atomic E-state index is 12.5. The van der Waals surface area contributed by atoms with Gasteiger partial charge < -0.3 is 0 Å². The lowest BCUT2D eigenvalue weighted by Gasteiger charge is -2.08. The summed E-state index contributed by atoms with van der Waals surface area (Å²) in [6.45, 7) is 0. The summed E-state index contributed by atoms with van der Waals surface area (Å²) in [5.74, 6) is -0.00156. The van der Waals surface area contributed by atoms with Gasteiger partial charge in [0.25, 0.3) is 0 Å². The van der Waals surface area contributed by atoms with Gasteiger partial charge in [-0.25, -0.2) is 0 Å². The van der Waals surface area contributed by atoms with Crippen molar-refractivity contribution in [1.82, 2.24) is 0 Å². The lowest BCUT2D eigenvalue weighted by Crippen LogP contribution is -1.93. The minimum Gasteiger partial charge on any atom is -0.289 e. The number of carbonyl (C=O) groups is 1. The molecular formula is C23H15BrO. The number of benzene rings is 4. The number of rotatable bonds is 3. The van der Waals surface area contributed by atoms with Crippen molar-refractivity contribution in [2.45, 2.75) is 0 Å². The van der Waals surface area contributed by atoms with Crippen LogP contribution in [0.15, 0.2) is 89.4 Å². The molecule has 0 fully saturated rings. The van der Waals surface area contributed by atoms with Crippen LogP contribution in [0.3, 0.4) is 0 Å². The number of hydrogen-bond acceptors (Lipinski definition) is 1. The quantitative estimate of drug-likeness (QED) is 0.218. The van der Waals surface area contributed by atoms with Crippen molar-refractivity contribution < 1.29 is 4.79 Å². The smallest absolute Gasteiger partial charge is 0.185 e. The van der Waals surface area contributed by atoms with Crippen LogP contribution in [0, 0.1) is 0 Å². The molecule has 0 atom stereocenters. The Labute approximate surface area is 154 Å². The molecule has 0 amide bonds. The van der Waals surface area contributed by atoms with E-state index in [0.717, 1.165) is 20.8 Å². The van der Waals surface area contributed by atoms with Gasteiger partial charge in [0.05, 0.1) is 0 Å². The first kappa shape index (κ1) is 15.8. The average Bonchev–Trinajstić information content (AvgIpc) is 2.65. The molecule has 4 aromatic rings. The van der Waals surface area contributed by atoms with Gasteiger partial charge in [0.1, 0.15) is 0 Å². The second kappa shape index (κ2) is 6.66. The summed E-state index contributed by atoms with van der Waals surface area (Å²) in [6, 6.07) is 26.2. The molecular weight excluding hydrogens is 372 g/mol. The standard InChI is InChI=1S/C23H15BrO/c24-19-9-5-8-18(15-19)23(25)13-12-22-20-10-3-1-6-16(20)14-17-7-2-4-11-21(17)22/h1-15H/b13-12+. The highest BCUT2D eigenvalue weighted by molar-refractivity contribution is 9.10. The van der Waals surface area contributed by atoms with Gasteiger partial charge in [-0.3, -0.25) is 4.79 Å². The number of ketones is 1. The van der Waals surface area contributed by atoms with Gasteiger partial charge in [0, 0.05) is 10.0 Å². The van der Waals surface area contributed by atoms with Crippen LogP contribution in [-0.2, 0) is 0 Å². The van der Waals surface area contributed by atoms with Crippen molar-refractivity contribution in [3.63, 3.8) is 0 Å². The number of carbonyl (C=O) groups excluding carboxylic acids is 1. The van der Waals surface area contributed by atoms with E-state index in [1.54, 1.807) is 6.08 Å². The second-order valence-electron chi connectivity index (χ2n) is 5.94. The third-order valence-corrected chi connectivity index (χ3v) is 4.82. The van der Waals surface area contributed by atoms with Gasteiger partial charge in [-0.2, -0.15) is 0 Å². The van der Waals surface area contributed by atoms with E-state index in [9.17, 15) is 4.79 Å². The molecule has 0 radical (unpaired) electrons. The number of allylic oxidation sites excluding steroid dienone is 1. The average molecular weight is 387 g/mol. The fraction of sp³-hybridized carbons (Fsp3) is 0. The first-order valence-corrected chi connectivity index (χ1v) is 8.90. The number of fused-ring (bicyclic) bond motifs is 2. The van der Waals surface area contributed by atoms with Crippen LogP contribution in [-0.4, -0.2) is 5.78 Å². The fourth-order valence-electron chi connectivity index (χ4n) is 3.13. The van der Waals surface area contributed by atoms with E-state index in [4.69, 9.17) is 0 Å². The fourth-order valence-corrected chi connectivity index (χ4v) is 3.52. The minimum absolute atomic E-state index is 0.00156. The molecule has 25 heavy (non-hydrogen) atoms. The predicted molar refractivity (Wildman–Crippen MR) is 109 cm³/mol. The monoisotopic (exact) mass is 386 g/mol. The van der Waals surface area contributed by atoms with Gasteiger partial charge in [-0.15, -0.1) is 0 Å². The predicted octanol–water partition coefficient (Wildman–Crippen LogP) is 6.65. The number of halogens is 1. The largest absolute Gasteiger partial charge is 0.289 e. The molecule has 0 heterocycles. The Bertz CT molecular complexity index is 1070. The Morgan fingerprint density at radius 2 is 1.40 bits per heavy atom. The molecule has 4 aromatic carbocycles.